The lowest BCUT2D eigenvalue weighted by molar-refractivity contribution is 0.0951. The molecule has 1 heterocycles. The third-order valence-corrected chi connectivity index (χ3v) is 2.64. The number of anilines is 1. The molecule has 1 aromatic heterocycles. The van der Waals surface area contributed by atoms with Crippen LogP contribution in [0.5, 0.6) is 0 Å². The second-order valence-corrected chi connectivity index (χ2v) is 4.20. The van der Waals surface area contributed by atoms with E-state index in [4.69, 9.17) is 0 Å². The van der Waals surface area contributed by atoms with Gasteiger partial charge in [0.25, 0.3) is 5.91 Å². The average Bonchev–Trinajstić information content (AvgIpc) is 2.89. The summed E-state index contributed by atoms with van der Waals surface area (Å²) in [5.41, 5.74) is 2.53. The van der Waals surface area contributed by atoms with E-state index in [0.717, 1.165) is 11.3 Å². The Hall–Kier alpha value is -2.30. The molecule has 2 N–H and O–H groups in total. The Kier molecular flexibility index (Phi) is 3.62. The van der Waals surface area contributed by atoms with Crippen molar-refractivity contribution >= 4 is 11.6 Å². The van der Waals surface area contributed by atoms with E-state index in [1.165, 1.54) is 0 Å². The number of para-hydroxylation sites is 1. The minimum absolute atomic E-state index is 0.0829. The van der Waals surface area contributed by atoms with E-state index in [9.17, 15) is 4.79 Å². The van der Waals surface area contributed by atoms with Crippen LogP contribution in [-0.4, -0.2) is 30.2 Å². The smallest absolute Gasteiger partial charge is 0.253 e. The predicted octanol–water partition coefficient (Wildman–Crippen LogP) is 1.41. The molecule has 0 unspecified atom stereocenters. The maximum absolute atomic E-state index is 12.1. The molecule has 94 valence electrons. The van der Waals surface area contributed by atoms with Crippen molar-refractivity contribution in [3.63, 3.8) is 0 Å². The first-order valence-electron chi connectivity index (χ1n) is 5.70. The van der Waals surface area contributed by atoms with Crippen LogP contribution >= 0.6 is 0 Å². The number of amides is 1. The number of nitrogens with zero attached hydrogens (tertiary/aromatic N) is 2. The largest absolute Gasteiger partial charge is 0.377 e. The number of nitrogens with one attached hydrogen (secondary N) is 2. The third kappa shape index (κ3) is 2.68. The zero-order chi connectivity index (χ0) is 13.0. The van der Waals surface area contributed by atoms with Crippen molar-refractivity contribution in [1.29, 1.82) is 0 Å². The molecular weight excluding hydrogens is 228 g/mol. The highest BCUT2D eigenvalue weighted by molar-refractivity contribution is 5.99. The van der Waals surface area contributed by atoms with Crippen LogP contribution in [0.4, 0.5) is 5.69 Å². The maximum Gasteiger partial charge on any atom is 0.253 e. The third-order valence-electron chi connectivity index (χ3n) is 2.64. The SMILES string of the molecule is CN(C)c1ccccc1C(=O)NCc1cn[nH]c1. The zero-order valence-corrected chi connectivity index (χ0v) is 10.5. The fraction of sp³-hybridized carbons (Fsp3) is 0.231. The highest BCUT2D eigenvalue weighted by Crippen LogP contribution is 2.17. The number of hydrogen-bond donors (Lipinski definition) is 2. The highest BCUT2D eigenvalue weighted by Gasteiger charge is 2.11. The lowest BCUT2D eigenvalue weighted by Gasteiger charge is -2.16. The predicted molar refractivity (Wildman–Crippen MR) is 70.5 cm³/mol. The molecule has 0 spiro atoms. The van der Waals surface area contributed by atoms with Crippen molar-refractivity contribution in [2.75, 3.05) is 19.0 Å². The van der Waals surface area contributed by atoms with Crippen LogP contribution in [0.1, 0.15) is 15.9 Å². The van der Waals surface area contributed by atoms with Crippen molar-refractivity contribution in [3.8, 4) is 0 Å². The molecule has 0 aliphatic heterocycles. The Morgan fingerprint density at radius 1 is 1.39 bits per heavy atom. The zero-order valence-electron chi connectivity index (χ0n) is 10.5. The van der Waals surface area contributed by atoms with Gasteiger partial charge in [0.1, 0.15) is 0 Å². The summed E-state index contributed by atoms with van der Waals surface area (Å²) < 4.78 is 0. The van der Waals surface area contributed by atoms with Crippen LogP contribution in [0.15, 0.2) is 36.7 Å². The minimum Gasteiger partial charge on any atom is -0.377 e. The monoisotopic (exact) mass is 244 g/mol. The lowest BCUT2D eigenvalue weighted by Crippen LogP contribution is -2.25. The molecule has 0 aliphatic carbocycles. The van der Waals surface area contributed by atoms with E-state index in [1.807, 2.05) is 43.3 Å². The van der Waals surface area contributed by atoms with Crippen molar-refractivity contribution in [2.45, 2.75) is 6.54 Å². The summed E-state index contributed by atoms with van der Waals surface area (Å²) in [6.07, 6.45) is 3.45. The van der Waals surface area contributed by atoms with E-state index >= 15 is 0 Å². The van der Waals surface area contributed by atoms with Crippen LogP contribution in [0.3, 0.4) is 0 Å². The summed E-state index contributed by atoms with van der Waals surface area (Å²) in [5, 5.41) is 9.42. The Bertz CT molecular complexity index is 520. The van der Waals surface area contributed by atoms with Crippen molar-refractivity contribution in [3.05, 3.63) is 47.8 Å². The van der Waals surface area contributed by atoms with Gasteiger partial charge in [-0.25, -0.2) is 0 Å². The normalized spacial score (nSPS) is 10.1. The first-order chi connectivity index (χ1) is 8.68. The van der Waals surface area contributed by atoms with Crippen molar-refractivity contribution in [1.82, 2.24) is 15.5 Å². The summed E-state index contributed by atoms with van der Waals surface area (Å²) in [6, 6.07) is 7.52. The molecule has 5 heteroatoms. The Labute approximate surface area is 106 Å². The van der Waals surface area contributed by atoms with Gasteiger partial charge in [0, 0.05) is 38.1 Å². The van der Waals surface area contributed by atoms with E-state index < -0.39 is 0 Å². The fourth-order valence-electron chi connectivity index (χ4n) is 1.71. The molecule has 1 amide bonds. The number of rotatable bonds is 4. The van der Waals surface area contributed by atoms with E-state index in [2.05, 4.69) is 15.5 Å². The van der Waals surface area contributed by atoms with Gasteiger partial charge in [0.15, 0.2) is 0 Å². The number of benzene rings is 1. The number of carbonyl (C=O) groups is 1. The molecule has 0 atom stereocenters. The van der Waals surface area contributed by atoms with Gasteiger partial charge in [-0.2, -0.15) is 5.10 Å². The summed E-state index contributed by atoms with van der Waals surface area (Å²) in [6.45, 7) is 0.469. The standard InChI is InChI=1S/C13H16N4O/c1-17(2)12-6-4-3-5-11(12)13(18)14-7-10-8-15-16-9-10/h3-6,8-9H,7H2,1-2H3,(H,14,18)(H,15,16). The molecule has 18 heavy (non-hydrogen) atoms. The second-order valence-electron chi connectivity index (χ2n) is 4.20. The van der Waals surface area contributed by atoms with Gasteiger partial charge in [-0.3, -0.25) is 9.89 Å². The van der Waals surface area contributed by atoms with Crippen molar-refractivity contribution < 1.29 is 4.79 Å². The molecule has 0 radical (unpaired) electrons. The highest BCUT2D eigenvalue weighted by atomic mass is 16.1. The van der Waals surface area contributed by atoms with Gasteiger partial charge in [-0.15, -0.1) is 0 Å². The maximum atomic E-state index is 12.1. The average molecular weight is 244 g/mol. The fourth-order valence-corrected chi connectivity index (χ4v) is 1.71. The number of carbonyl (C=O) groups excluding carboxylic acids is 1. The molecule has 0 saturated carbocycles. The molecule has 1 aromatic carbocycles. The first-order valence-corrected chi connectivity index (χ1v) is 5.70. The molecule has 2 rings (SSSR count). The molecule has 2 aromatic rings. The topological polar surface area (TPSA) is 61.0 Å². The van der Waals surface area contributed by atoms with Crippen LogP contribution in [0, 0.1) is 0 Å². The van der Waals surface area contributed by atoms with Crippen LogP contribution in [0.2, 0.25) is 0 Å². The summed E-state index contributed by atoms with van der Waals surface area (Å²) in [4.78, 5) is 14.0. The molecule has 0 saturated heterocycles. The quantitative estimate of drug-likeness (QED) is 0.854. The van der Waals surface area contributed by atoms with Crippen LogP contribution < -0.4 is 10.2 Å². The lowest BCUT2D eigenvalue weighted by atomic mass is 10.1. The van der Waals surface area contributed by atoms with Gasteiger partial charge in [0.2, 0.25) is 0 Å². The number of aromatic amines is 1. The Balaban J connectivity index is 2.09. The van der Waals surface area contributed by atoms with Crippen molar-refractivity contribution in [2.24, 2.45) is 0 Å². The summed E-state index contributed by atoms with van der Waals surface area (Å²) in [5.74, 6) is -0.0829. The molecule has 0 bridgehead atoms. The van der Waals surface area contributed by atoms with Crippen LogP contribution in [0.25, 0.3) is 0 Å². The van der Waals surface area contributed by atoms with E-state index in [-0.39, 0.29) is 5.91 Å². The first kappa shape index (κ1) is 12.2. The van der Waals surface area contributed by atoms with Gasteiger partial charge >= 0.3 is 0 Å². The molecule has 5 nitrogen and oxygen atoms in total. The molecule has 0 aliphatic rings. The summed E-state index contributed by atoms with van der Waals surface area (Å²) in [7, 11) is 3.84. The van der Waals surface area contributed by atoms with E-state index in [1.54, 1.807) is 12.4 Å². The van der Waals surface area contributed by atoms with Gasteiger partial charge in [-0.05, 0) is 12.1 Å². The van der Waals surface area contributed by atoms with Gasteiger partial charge < -0.3 is 10.2 Å². The molecule has 0 fully saturated rings. The number of aromatic nitrogens is 2. The van der Waals surface area contributed by atoms with E-state index in [0.29, 0.717) is 12.1 Å². The Morgan fingerprint density at radius 2 is 2.17 bits per heavy atom. The Morgan fingerprint density at radius 3 is 2.83 bits per heavy atom. The second kappa shape index (κ2) is 5.35. The summed E-state index contributed by atoms with van der Waals surface area (Å²) >= 11 is 0. The van der Waals surface area contributed by atoms with Crippen LogP contribution in [-0.2, 0) is 6.54 Å². The minimum atomic E-state index is -0.0829. The van der Waals surface area contributed by atoms with Gasteiger partial charge in [0.05, 0.1) is 11.8 Å². The van der Waals surface area contributed by atoms with Gasteiger partial charge in [-0.1, -0.05) is 12.1 Å². The number of H-pyrrole nitrogens is 1. The number of hydrogen-bond acceptors (Lipinski definition) is 3. The molecular formula is C13H16N4O.